The molecule has 2 rings (SSSR count). The summed E-state index contributed by atoms with van der Waals surface area (Å²) in [4.78, 5) is 12.2. The average Bonchev–Trinajstić information content (AvgIpc) is 2.29. The average molecular weight is 265 g/mol. The monoisotopic (exact) mass is 264 g/mol. The molecule has 0 bridgehead atoms. The summed E-state index contributed by atoms with van der Waals surface area (Å²) in [5.41, 5.74) is 0.975. The number of hydrogen-bond donors (Lipinski definition) is 1. The molecule has 0 amide bonds. The van der Waals surface area contributed by atoms with Crippen LogP contribution in [-0.4, -0.2) is 15.0 Å². The number of halogens is 1. The Morgan fingerprint density at radius 1 is 1.27 bits per heavy atom. The Bertz CT molecular complexity index is 432. The number of nitrogens with zero attached hydrogens (tertiary/aromatic N) is 3. The molecule has 5 heteroatoms. The van der Waals surface area contributed by atoms with Crippen LogP contribution in [0.2, 0.25) is 0 Å². The van der Waals surface area contributed by atoms with E-state index in [0.717, 1.165) is 16.0 Å². The van der Waals surface area contributed by atoms with E-state index in [4.69, 9.17) is 0 Å². The van der Waals surface area contributed by atoms with E-state index < -0.39 is 0 Å². The highest BCUT2D eigenvalue weighted by Gasteiger charge is 1.99. The fourth-order valence-corrected chi connectivity index (χ4v) is 1.48. The molecule has 2 aromatic heterocycles. The predicted molar refractivity (Wildman–Crippen MR) is 61.3 cm³/mol. The molecular weight excluding hydrogens is 256 g/mol. The van der Waals surface area contributed by atoms with Crippen LogP contribution in [0.3, 0.4) is 0 Å². The third-order valence-corrected chi connectivity index (χ3v) is 2.41. The van der Waals surface area contributed by atoms with Crippen LogP contribution in [0.15, 0.2) is 41.4 Å². The van der Waals surface area contributed by atoms with Gasteiger partial charge in [0.1, 0.15) is 12.1 Å². The first-order chi connectivity index (χ1) is 7.36. The normalized spacial score (nSPS) is 9.93. The first-order valence-corrected chi connectivity index (χ1v) is 5.25. The van der Waals surface area contributed by atoms with E-state index >= 15 is 0 Å². The minimum atomic E-state index is 0.649. The van der Waals surface area contributed by atoms with Gasteiger partial charge in [-0.3, -0.25) is 4.98 Å². The summed E-state index contributed by atoms with van der Waals surface area (Å²) in [6.07, 6.45) is 4.98. The molecule has 2 aromatic rings. The van der Waals surface area contributed by atoms with Gasteiger partial charge in [0.25, 0.3) is 0 Å². The fourth-order valence-electron chi connectivity index (χ4n) is 1.12. The van der Waals surface area contributed by atoms with Crippen molar-refractivity contribution in [3.05, 3.63) is 47.1 Å². The lowest BCUT2D eigenvalue weighted by atomic mass is 10.3. The molecule has 0 aromatic carbocycles. The van der Waals surface area contributed by atoms with Gasteiger partial charge in [-0.1, -0.05) is 6.07 Å². The molecule has 0 spiro atoms. The smallest absolute Gasteiger partial charge is 0.144 e. The number of nitrogens with one attached hydrogen (secondary N) is 1. The highest BCUT2D eigenvalue weighted by Crippen LogP contribution is 2.17. The molecule has 0 aliphatic carbocycles. The van der Waals surface area contributed by atoms with Gasteiger partial charge in [-0.05, 0) is 28.1 Å². The van der Waals surface area contributed by atoms with Gasteiger partial charge in [0.05, 0.1) is 16.7 Å². The molecule has 4 nitrogen and oxygen atoms in total. The molecule has 0 unspecified atom stereocenters. The highest BCUT2D eigenvalue weighted by molar-refractivity contribution is 9.10. The molecule has 0 aliphatic heterocycles. The van der Waals surface area contributed by atoms with Crippen molar-refractivity contribution >= 4 is 21.7 Å². The summed E-state index contributed by atoms with van der Waals surface area (Å²) in [5.74, 6) is 0.774. The summed E-state index contributed by atoms with van der Waals surface area (Å²) in [5, 5.41) is 3.17. The van der Waals surface area contributed by atoms with Gasteiger partial charge in [0.15, 0.2) is 0 Å². The Hall–Kier alpha value is -1.49. The summed E-state index contributed by atoms with van der Waals surface area (Å²) in [6.45, 7) is 0.649. The summed E-state index contributed by atoms with van der Waals surface area (Å²) >= 11 is 3.36. The third-order valence-electron chi connectivity index (χ3n) is 1.83. The van der Waals surface area contributed by atoms with Gasteiger partial charge >= 0.3 is 0 Å². The molecule has 0 saturated heterocycles. The summed E-state index contributed by atoms with van der Waals surface area (Å²) < 4.78 is 0.848. The van der Waals surface area contributed by atoms with Gasteiger partial charge in [-0.25, -0.2) is 9.97 Å². The zero-order valence-electron chi connectivity index (χ0n) is 7.89. The van der Waals surface area contributed by atoms with Gasteiger partial charge < -0.3 is 5.32 Å². The standard InChI is InChI=1S/C10H9BrN4/c11-9-6-12-7-15-10(9)14-5-8-3-1-2-4-13-8/h1-4,6-7H,5H2,(H,12,14,15). The molecule has 1 N–H and O–H groups in total. The molecule has 0 radical (unpaired) electrons. The predicted octanol–water partition coefficient (Wildman–Crippen LogP) is 2.25. The van der Waals surface area contributed by atoms with E-state index in [-0.39, 0.29) is 0 Å². The molecule has 0 atom stereocenters. The molecular formula is C10H9BrN4. The van der Waals surface area contributed by atoms with Crippen molar-refractivity contribution in [1.82, 2.24) is 15.0 Å². The van der Waals surface area contributed by atoms with Crippen LogP contribution < -0.4 is 5.32 Å². The summed E-state index contributed by atoms with van der Waals surface area (Å²) in [7, 11) is 0. The molecule has 76 valence electrons. The molecule has 2 heterocycles. The van der Waals surface area contributed by atoms with Crippen LogP contribution in [0.5, 0.6) is 0 Å². The topological polar surface area (TPSA) is 50.7 Å². The number of aromatic nitrogens is 3. The van der Waals surface area contributed by atoms with Crippen molar-refractivity contribution in [2.45, 2.75) is 6.54 Å². The van der Waals surface area contributed by atoms with Gasteiger partial charge in [-0.2, -0.15) is 0 Å². The van der Waals surface area contributed by atoms with E-state index in [1.807, 2.05) is 18.2 Å². The Kier molecular flexibility index (Phi) is 3.24. The second kappa shape index (κ2) is 4.84. The number of rotatable bonds is 3. The minimum absolute atomic E-state index is 0.649. The molecule has 0 saturated carbocycles. The number of anilines is 1. The SMILES string of the molecule is Brc1cncnc1NCc1ccccn1. The van der Waals surface area contributed by atoms with Crippen molar-refractivity contribution in [2.24, 2.45) is 0 Å². The van der Waals surface area contributed by atoms with Crippen LogP contribution in [0.1, 0.15) is 5.69 Å². The van der Waals surface area contributed by atoms with Crippen molar-refractivity contribution in [2.75, 3.05) is 5.32 Å². The van der Waals surface area contributed by atoms with Crippen molar-refractivity contribution < 1.29 is 0 Å². The maximum atomic E-state index is 4.20. The summed E-state index contributed by atoms with van der Waals surface area (Å²) in [6, 6.07) is 5.81. The maximum absolute atomic E-state index is 4.20. The van der Waals surface area contributed by atoms with Crippen LogP contribution in [0.4, 0.5) is 5.82 Å². The lowest BCUT2D eigenvalue weighted by Gasteiger charge is -2.05. The van der Waals surface area contributed by atoms with Gasteiger partial charge in [0.2, 0.25) is 0 Å². The Balaban J connectivity index is 2.03. The third kappa shape index (κ3) is 2.73. The zero-order chi connectivity index (χ0) is 10.5. The van der Waals surface area contributed by atoms with Crippen LogP contribution in [-0.2, 0) is 6.54 Å². The van der Waals surface area contributed by atoms with E-state index in [1.165, 1.54) is 6.33 Å². The van der Waals surface area contributed by atoms with Crippen LogP contribution in [0.25, 0.3) is 0 Å². The second-order valence-corrected chi connectivity index (χ2v) is 3.75. The van der Waals surface area contributed by atoms with Crippen molar-refractivity contribution in [3.63, 3.8) is 0 Å². The van der Waals surface area contributed by atoms with Gasteiger partial charge in [-0.15, -0.1) is 0 Å². The molecule has 0 aliphatic rings. The van der Waals surface area contributed by atoms with Gasteiger partial charge in [0, 0.05) is 12.4 Å². The van der Waals surface area contributed by atoms with E-state index in [9.17, 15) is 0 Å². The van der Waals surface area contributed by atoms with Crippen LogP contribution >= 0.6 is 15.9 Å². The Labute approximate surface area is 95.9 Å². The van der Waals surface area contributed by atoms with Crippen molar-refractivity contribution in [3.8, 4) is 0 Å². The first kappa shape index (κ1) is 10.0. The number of pyridine rings is 1. The van der Waals surface area contributed by atoms with E-state index in [2.05, 4.69) is 36.2 Å². The first-order valence-electron chi connectivity index (χ1n) is 4.45. The molecule has 0 fully saturated rings. The maximum Gasteiger partial charge on any atom is 0.144 e. The quantitative estimate of drug-likeness (QED) is 0.924. The zero-order valence-corrected chi connectivity index (χ0v) is 9.48. The minimum Gasteiger partial charge on any atom is -0.363 e. The lowest BCUT2D eigenvalue weighted by molar-refractivity contribution is 1.02. The van der Waals surface area contributed by atoms with E-state index in [0.29, 0.717) is 6.54 Å². The highest BCUT2D eigenvalue weighted by atomic mass is 79.9. The molecule has 15 heavy (non-hydrogen) atoms. The largest absolute Gasteiger partial charge is 0.363 e. The van der Waals surface area contributed by atoms with E-state index in [1.54, 1.807) is 12.4 Å². The Morgan fingerprint density at radius 2 is 2.20 bits per heavy atom. The number of hydrogen-bond acceptors (Lipinski definition) is 4. The fraction of sp³-hybridized carbons (Fsp3) is 0.100. The lowest BCUT2D eigenvalue weighted by Crippen LogP contribution is -2.03. The van der Waals surface area contributed by atoms with Crippen LogP contribution in [0, 0.1) is 0 Å². The Morgan fingerprint density at radius 3 is 2.93 bits per heavy atom. The second-order valence-electron chi connectivity index (χ2n) is 2.89. The van der Waals surface area contributed by atoms with Crippen molar-refractivity contribution in [1.29, 1.82) is 0 Å².